The fraction of sp³-hybridized carbons (Fsp3) is 0.375. The molecule has 25 heavy (non-hydrogen) atoms. The highest BCUT2D eigenvalue weighted by molar-refractivity contribution is 6.33. The predicted molar refractivity (Wildman–Crippen MR) is 84.2 cm³/mol. The minimum Gasteiger partial charge on any atom is -0.295 e. The lowest BCUT2D eigenvalue weighted by molar-refractivity contribution is -0.152. The van der Waals surface area contributed by atoms with Crippen molar-refractivity contribution in [3.05, 3.63) is 46.9 Å². The van der Waals surface area contributed by atoms with Crippen LogP contribution < -0.4 is 0 Å². The van der Waals surface area contributed by atoms with Crippen molar-refractivity contribution < 1.29 is 22.4 Å². The van der Waals surface area contributed by atoms with Crippen LogP contribution in [0.3, 0.4) is 0 Å². The number of hydrogen-bond donors (Lipinski definition) is 0. The highest BCUT2D eigenvalue weighted by Crippen LogP contribution is 2.35. The molecule has 1 amide bonds. The van der Waals surface area contributed by atoms with Gasteiger partial charge >= 0.3 is 6.18 Å². The van der Waals surface area contributed by atoms with Gasteiger partial charge in [-0.05, 0) is 31.0 Å². The number of hydrogen-bond acceptors (Lipinski definition) is 3. The molecule has 3 rings (SSSR count). The van der Waals surface area contributed by atoms with Gasteiger partial charge < -0.3 is 0 Å². The van der Waals surface area contributed by atoms with Gasteiger partial charge in [0.2, 0.25) is 5.96 Å². The van der Waals surface area contributed by atoms with Crippen LogP contribution in [0.25, 0.3) is 0 Å². The molecule has 0 spiro atoms. The Kier molecular flexibility index (Phi) is 4.49. The summed E-state index contributed by atoms with van der Waals surface area (Å²) in [6.07, 6.45) is -3.69. The Morgan fingerprint density at radius 3 is 2.72 bits per heavy atom. The second-order valence-electron chi connectivity index (χ2n) is 5.83. The maximum absolute atomic E-state index is 13.5. The summed E-state index contributed by atoms with van der Waals surface area (Å²) in [5, 5.41) is -0.0559. The van der Waals surface area contributed by atoms with E-state index in [-0.39, 0.29) is 24.1 Å². The first kappa shape index (κ1) is 17.7. The summed E-state index contributed by atoms with van der Waals surface area (Å²) in [7, 11) is 0. The summed E-state index contributed by atoms with van der Waals surface area (Å²) in [6, 6.07) is 3.13. The van der Waals surface area contributed by atoms with Crippen molar-refractivity contribution in [2.45, 2.75) is 31.6 Å². The van der Waals surface area contributed by atoms with E-state index in [1.807, 2.05) is 0 Å². The molecule has 0 saturated heterocycles. The maximum Gasteiger partial charge on any atom is 0.410 e. The van der Waals surface area contributed by atoms with Crippen LogP contribution in [0.2, 0.25) is 0 Å². The van der Waals surface area contributed by atoms with Gasteiger partial charge in [0, 0.05) is 12.6 Å². The van der Waals surface area contributed by atoms with E-state index in [9.17, 15) is 22.4 Å². The third-order valence-corrected chi connectivity index (χ3v) is 4.48. The largest absolute Gasteiger partial charge is 0.410 e. The molecule has 1 aromatic rings. The first-order chi connectivity index (χ1) is 11.7. The average molecular weight is 376 g/mol. The van der Waals surface area contributed by atoms with Gasteiger partial charge in [0.05, 0.1) is 6.04 Å². The molecule has 0 fully saturated rings. The Bertz CT molecular complexity index is 762. The molecular formula is C16H14ClF4N3O. The molecule has 9 heteroatoms. The molecule has 1 aromatic carbocycles. The monoisotopic (exact) mass is 375 g/mol. The summed E-state index contributed by atoms with van der Waals surface area (Å²) in [5.74, 6) is -1.16. The molecule has 0 radical (unpaired) electrons. The zero-order chi connectivity index (χ0) is 18.4. The number of rotatable bonds is 2. The van der Waals surface area contributed by atoms with Gasteiger partial charge in [-0.2, -0.15) is 13.2 Å². The summed E-state index contributed by atoms with van der Waals surface area (Å²) in [6.45, 7) is 1.54. The van der Waals surface area contributed by atoms with Crippen molar-refractivity contribution in [3.63, 3.8) is 0 Å². The number of halogens is 5. The molecule has 0 aromatic heterocycles. The van der Waals surface area contributed by atoms with Crippen LogP contribution in [0.4, 0.5) is 17.6 Å². The van der Waals surface area contributed by atoms with Crippen molar-refractivity contribution in [3.8, 4) is 0 Å². The number of guanidine groups is 1. The average Bonchev–Trinajstić information content (AvgIpc) is 2.53. The van der Waals surface area contributed by atoms with Crippen LogP contribution in [0.1, 0.15) is 24.9 Å². The van der Waals surface area contributed by atoms with E-state index in [4.69, 9.17) is 11.6 Å². The van der Waals surface area contributed by atoms with E-state index in [2.05, 4.69) is 4.99 Å². The fourth-order valence-electron chi connectivity index (χ4n) is 2.88. The SMILES string of the molecule is CC(c1cccc(F)c1)N1C(Cl)=CC(=O)N2CC[C@@H](C(F)(F)F)N=C21. The number of fused-ring (bicyclic) bond motifs is 1. The molecule has 0 bridgehead atoms. The number of carbonyl (C=O) groups is 1. The summed E-state index contributed by atoms with van der Waals surface area (Å²) in [4.78, 5) is 18.3. The molecule has 1 unspecified atom stereocenters. The molecule has 134 valence electrons. The van der Waals surface area contributed by atoms with Crippen LogP contribution in [-0.4, -0.2) is 40.4 Å². The number of alkyl halides is 3. The van der Waals surface area contributed by atoms with Gasteiger partial charge in [-0.1, -0.05) is 23.7 Å². The van der Waals surface area contributed by atoms with Crippen LogP contribution in [-0.2, 0) is 4.79 Å². The van der Waals surface area contributed by atoms with Gasteiger partial charge in [0.15, 0.2) is 6.04 Å². The third kappa shape index (κ3) is 3.35. The molecule has 0 aliphatic carbocycles. The number of carbonyl (C=O) groups excluding carboxylic acids is 1. The van der Waals surface area contributed by atoms with E-state index in [1.54, 1.807) is 13.0 Å². The lowest BCUT2D eigenvalue weighted by atomic mass is 10.1. The molecule has 2 aliphatic heterocycles. The lowest BCUT2D eigenvalue weighted by Gasteiger charge is -2.42. The van der Waals surface area contributed by atoms with E-state index in [1.165, 1.54) is 23.1 Å². The standard InChI is InChI=1S/C16H14ClF4N3O/c1-9(10-3-2-4-11(18)7-10)24-13(17)8-14(25)23-6-5-12(16(19,20)21)22-15(23)24/h2-4,7-9,12H,5-6H2,1H3/t9?,12-/m0/s1. The lowest BCUT2D eigenvalue weighted by Crippen LogP contribution is -2.54. The van der Waals surface area contributed by atoms with Crippen molar-refractivity contribution in [2.24, 2.45) is 4.99 Å². The molecule has 2 atom stereocenters. The zero-order valence-electron chi connectivity index (χ0n) is 13.1. The maximum atomic E-state index is 13.5. The highest BCUT2D eigenvalue weighted by atomic mass is 35.5. The first-order valence-corrected chi connectivity index (χ1v) is 7.94. The van der Waals surface area contributed by atoms with Gasteiger partial charge in [-0.15, -0.1) is 0 Å². The highest BCUT2D eigenvalue weighted by Gasteiger charge is 2.46. The number of benzene rings is 1. The Morgan fingerprint density at radius 2 is 2.08 bits per heavy atom. The van der Waals surface area contributed by atoms with Crippen LogP contribution >= 0.6 is 11.6 Å². The minimum absolute atomic E-state index is 0.0559. The second kappa shape index (κ2) is 6.33. The summed E-state index contributed by atoms with van der Waals surface area (Å²) in [5.41, 5.74) is 0.498. The number of nitrogens with zero attached hydrogens (tertiary/aromatic N) is 3. The topological polar surface area (TPSA) is 35.9 Å². The summed E-state index contributed by atoms with van der Waals surface area (Å²) >= 11 is 6.13. The molecule has 0 saturated carbocycles. The van der Waals surface area contributed by atoms with Crippen LogP contribution in [0.5, 0.6) is 0 Å². The Morgan fingerprint density at radius 1 is 1.36 bits per heavy atom. The van der Waals surface area contributed by atoms with Crippen molar-refractivity contribution in [1.82, 2.24) is 9.80 Å². The molecule has 2 aliphatic rings. The summed E-state index contributed by atoms with van der Waals surface area (Å²) < 4.78 is 52.7. The Balaban J connectivity index is 2.04. The van der Waals surface area contributed by atoms with Crippen molar-refractivity contribution in [2.75, 3.05) is 6.54 Å². The van der Waals surface area contributed by atoms with Crippen LogP contribution in [0.15, 0.2) is 40.5 Å². The van der Waals surface area contributed by atoms with E-state index in [0.717, 1.165) is 11.0 Å². The van der Waals surface area contributed by atoms with Gasteiger partial charge in [0.25, 0.3) is 5.91 Å². The van der Waals surface area contributed by atoms with E-state index in [0.29, 0.717) is 5.56 Å². The van der Waals surface area contributed by atoms with E-state index < -0.39 is 30.0 Å². The molecule has 0 N–H and O–H groups in total. The Hall–Kier alpha value is -2.09. The normalized spacial score (nSPS) is 22.3. The number of aliphatic imine (C=N–C) groups is 1. The smallest absolute Gasteiger partial charge is 0.295 e. The fourth-order valence-corrected chi connectivity index (χ4v) is 3.20. The molecular weight excluding hydrogens is 362 g/mol. The van der Waals surface area contributed by atoms with E-state index >= 15 is 0 Å². The van der Waals surface area contributed by atoms with Gasteiger partial charge in [-0.25, -0.2) is 9.38 Å². The van der Waals surface area contributed by atoms with Crippen molar-refractivity contribution >= 4 is 23.5 Å². The zero-order valence-corrected chi connectivity index (χ0v) is 13.9. The first-order valence-electron chi connectivity index (χ1n) is 7.56. The minimum atomic E-state index is -4.51. The van der Waals surface area contributed by atoms with Crippen molar-refractivity contribution in [1.29, 1.82) is 0 Å². The third-order valence-electron chi connectivity index (χ3n) is 4.19. The van der Waals surface area contributed by atoms with Crippen LogP contribution in [0, 0.1) is 5.82 Å². The van der Waals surface area contributed by atoms with Gasteiger partial charge in [0.1, 0.15) is 11.0 Å². The molecule has 4 nitrogen and oxygen atoms in total. The quantitative estimate of drug-likeness (QED) is 0.582. The predicted octanol–water partition coefficient (Wildman–Crippen LogP) is 3.80. The number of amides is 1. The second-order valence-corrected chi connectivity index (χ2v) is 6.22. The van der Waals surface area contributed by atoms with Gasteiger partial charge in [-0.3, -0.25) is 14.6 Å². The Labute approximate surface area is 146 Å². The molecule has 2 heterocycles.